The summed E-state index contributed by atoms with van der Waals surface area (Å²) >= 11 is -0.418. The second kappa shape index (κ2) is 7.04. The number of hydrogen-bond acceptors (Lipinski definition) is 1. The molecule has 0 atom stereocenters. The van der Waals surface area contributed by atoms with Crippen molar-refractivity contribution in [3.63, 3.8) is 0 Å². The first-order valence-electron chi connectivity index (χ1n) is 6.44. The van der Waals surface area contributed by atoms with Gasteiger partial charge >= 0.3 is 116 Å². The first kappa shape index (κ1) is 17.7. The van der Waals surface area contributed by atoms with Gasteiger partial charge < -0.3 is 24.8 Å². The molecule has 1 nitrogen and oxygen atoms in total. The molecule has 0 fully saturated rings. The predicted octanol–water partition coefficient (Wildman–Crippen LogP) is -2.94. The Morgan fingerprint density at radius 1 is 1.11 bits per heavy atom. The average molecular weight is 393 g/mol. The number of aliphatic hydroxyl groups is 1. The van der Waals surface area contributed by atoms with Gasteiger partial charge in [0.25, 0.3) is 0 Å². The SMILES string of the molecule is C[Si]1(CCCO)C2=[C](CC=C2)[Zr+2][C]2=C1C=CC2.[Cl-].[Cl-]. The third-order valence-corrected chi connectivity index (χ3v) is 13.9. The summed E-state index contributed by atoms with van der Waals surface area (Å²) in [5.41, 5.74) is 0. The van der Waals surface area contributed by atoms with Crippen LogP contribution in [0.3, 0.4) is 0 Å². The number of allylic oxidation sites excluding steroid dienone is 8. The van der Waals surface area contributed by atoms with Crippen LogP contribution in [0.15, 0.2) is 41.3 Å². The normalized spacial score (nSPS) is 21.2. The Bertz CT molecular complexity index is 444. The Hall–Kier alpha value is 0.600. The molecule has 102 valence electrons. The molecule has 0 aromatic rings. The van der Waals surface area contributed by atoms with Crippen LogP contribution in [0.2, 0.25) is 12.6 Å². The molecular formula is C14H18Cl2OSiZr. The Morgan fingerprint density at radius 2 is 1.63 bits per heavy atom. The summed E-state index contributed by atoms with van der Waals surface area (Å²) in [6.45, 7) is 2.87. The third-order valence-electron chi connectivity index (χ3n) is 4.19. The van der Waals surface area contributed by atoms with Crippen molar-refractivity contribution < 1.29 is 53.2 Å². The molecular weight excluding hydrogens is 374 g/mol. The topological polar surface area (TPSA) is 20.2 Å². The van der Waals surface area contributed by atoms with Crippen LogP contribution in [-0.2, 0) is 23.2 Å². The Morgan fingerprint density at radius 3 is 2.11 bits per heavy atom. The van der Waals surface area contributed by atoms with Crippen LogP contribution >= 0.6 is 0 Å². The minimum atomic E-state index is -1.45. The van der Waals surface area contributed by atoms with E-state index in [1.54, 1.807) is 10.4 Å². The maximum atomic E-state index is 9.16. The van der Waals surface area contributed by atoms with Crippen molar-refractivity contribution >= 4 is 8.07 Å². The van der Waals surface area contributed by atoms with E-state index in [9.17, 15) is 0 Å². The van der Waals surface area contributed by atoms with Crippen molar-refractivity contribution in [3.05, 3.63) is 41.3 Å². The van der Waals surface area contributed by atoms with Gasteiger partial charge in [0.1, 0.15) is 0 Å². The Balaban J connectivity index is 0.000000902. The van der Waals surface area contributed by atoms with Crippen LogP contribution in [0.4, 0.5) is 0 Å². The standard InChI is InChI=1S/C14H18OSi.2ClH.Zr/c1-16(12-6-11-15,13-7-2-3-8-13)14-9-4-5-10-14;;;/h2,4,7,9,15H,3,5-6,11-12H2,1H3;2*1H;/q;;;+2/p-2. The van der Waals surface area contributed by atoms with Crippen molar-refractivity contribution in [2.45, 2.75) is 31.9 Å². The Labute approximate surface area is 140 Å². The van der Waals surface area contributed by atoms with E-state index in [1.807, 2.05) is 6.56 Å². The molecule has 0 unspecified atom stereocenters. The summed E-state index contributed by atoms with van der Waals surface area (Å²) in [5, 5.41) is 12.7. The maximum absolute atomic E-state index is 9.16. The summed E-state index contributed by atoms with van der Waals surface area (Å²) in [5.74, 6) is 0. The van der Waals surface area contributed by atoms with Gasteiger partial charge in [-0.05, 0) is 0 Å². The zero-order chi connectivity index (χ0) is 11.9. The molecule has 0 radical (unpaired) electrons. The van der Waals surface area contributed by atoms with Crippen LogP contribution in [0.5, 0.6) is 0 Å². The van der Waals surface area contributed by atoms with Crippen LogP contribution in [-0.4, -0.2) is 19.8 Å². The molecule has 19 heavy (non-hydrogen) atoms. The fraction of sp³-hybridized carbons (Fsp3) is 0.429. The zero-order valence-corrected chi connectivity index (χ0v) is 16.0. The first-order chi connectivity index (χ1) is 8.25. The van der Waals surface area contributed by atoms with E-state index in [2.05, 4.69) is 30.9 Å². The number of rotatable bonds is 3. The second-order valence-corrected chi connectivity index (χ2v) is 13.1. The minimum absolute atomic E-state index is 0. The van der Waals surface area contributed by atoms with Crippen molar-refractivity contribution in [1.82, 2.24) is 0 Å². The van der Waals surface area contributed by atoms with Gasteiger partial charge in [-0.2, -0.15) is 0 Å². The van der Waals surface area contributed by atoms with Crippen LogP contribution in [0.25, 0.3) is 0 Å². The molecule has 2 aliphatic carbocycles. The van der Waals surface area contributed by atoms with E-state index in [-0.39, 0.29) is 24.8 Å². The first-order valence-corrected chi connectivity index (χ1v) is 11.6. The zero-order valence-electron chi connectivity index (χ0n) is 11.0. The van der Waals surface area contributed by atoms with Crippen molar-refractivity contribution in [1.29, 1.82) is 0 Å². The summed E-state index contributed by atoms with van der Waals surface area (Å²) < 4.78 is 3.70. The van der Waals surface area contributed by atoms with Gasteiger partial charge in [0.05, 0.1) is 0 Å². The number of halogens is 2. The van der Waals surface area contributed by atoms with Gasteiger partial charge in [0.2, 0.25) is 0 Å². The molecule has 3 aliphatic rings. The summed E-state index contributed by atoms with van der Waals surface area (Å²) in [6.07, 6.45) is 13.1. The van der Waals surface area contributed by atoms with E-state index >= 15 is 0 Å². The quantitative estimate of drug-likeness (QED) is 0.510. The smallest absolute Gasteiger partial charge is 1.00 e. The van der Waals surface area contributed by atoms with E-state index < -0.39 is 31.3 Å². The summed E-state index contributed by atoms with van der Waals surface area (Å²) in [6, 6.07) is 1.23. The molecule has 3 rings (SSSR count). The largest absolute Gasteiger partial charge is 1.00 e. The van der Waals surface area contributed by atoms with Gasteiger partial charge in [0, 0.05) is 0 Å². The average Bonchev–Trinajstić information content (AvgIpc) is 2.95. The molecule has 0 bridgehead atoms. The summed E-state index contributed by atoms with van der Waals surface area (Å²) in [7, 11) is -1.45. The molecule has 0 aromatic heterocycles. The Kier molecular flexibility index (Phi) is 6.54. The molecule has 0 saturated heterocycles. The number of aliphatic hydroxyl groups excluding tert-OH is 1. The predicted molar refractivity (Wildman–Crippen MR) is 69.7 cm³/mol. The number of hydrogen-bond donors (Lipinski definition) is 1. The van der Waals surface area contributed by atoms with E-state index in [0.29, 0.717) is 6.61 Å². The van der Waals surface area contributed by atoms with Gasteiger partial charge in [-0.15, -0.1) is 0 Å². The summed E-state index contributed by atoms with van der Waals surface area (Å²) in [4.78, 5) is 0. The van der Waals surface area contributed by atoms with Crippen LogP contribution in [0, 0.1) is 0 Å². The second-order valence-electron chi connectivity index (χ2n) is 5.28. The molecule has 0 amide bonds. The molecule has 0 saturated carbocycles. The minimum Gasteiger partial charge on any atom is -1.00 e. The van der Waals surface area contributed by atoms with Gasteiger partial charge in [0.15, 0.2) is 0 Å². The van der Waals surface area contributed by atoms with Crippen LogP contribution < -0.4 is 24.8 Å². The van der Waals surface area contributed by atoms with E-state index in [0.717, 1.165) is 6.42 Å². The van der Waals surface area contributed by atoms with Crippen molar-refractivity contribution in [2.24, 2.45) is 0 Å². The van der Waals surface area contributed by atoms with E-state index in [4.69, 9.17) is 5.11 Å². The molecule has 0 spiro atoms. The third kappa shape index (κ3) is 2.96. The molecule has 1 heterocycles. The van der Waals surface area contributed by atoms with E-state index in [1.165, 1.54) is 18.9 Å². The maximum Gasteiger partial charge on any atom is -1.00 e. The van der Waals surface area contributed by atoms with Gasteiger partial charge in [-0.3, -0.25) is 0 Å². The molecule has 5 heteroatoms. The van der Waals surface area contributed by atoms with Crippen molar-refractivity contribution in [3.8, 4) is 0 Å². The fourth-order valence-electron chi connectivity index (χ4n) is 3.31. The molecule has 0 aromatic carbocycles. The fourth-order valence-corrected chi connectivity index (χ4v) is 15.4. The van der Waals surface area contributed by atoms with Gasteiger partial charge in [-0.25, -0.2) is 0 Å². The molecule has 1 aliphatic heterocycles. The monoisotopic (exact) mass is 390 g/mol. The van der Waals surface area contributed by atoms with Crippen molar-refractivity contribution in [2.75, 3.05) is 6.61 Å². The van der Waals surface area contributed by atoms with Gasteiger partial charge in [-0.1, -0.05) is 0 Å². The van der Waals surface area contributed by atoms with Crippen LogP contribution in [0.1, 0.15) is 19.3 Å². The molecule has 1 N–H and O–H groups in total.